The van der Waals surface area contributed by atoms with Gasteiger partial charge in [0.1, 0.15) is 5.75 Å². The Labute approximate surface area is 151 Å². The highest BCUT2D eigenvalue weighted by Crippen LogP contribution is 2.40. The summed E-state index contributed by atoms with van der Waals surface area (Å²) in [5.41, 5.74) is 3.71. The predicted molar refractivity (Wildman–Crippen MR) is 103 cm³/mol. The van der Waals surface area contributed by atoms with Crippen molar-refractivity contribution in [1.29, 1.82) is 0 Å². The first kappa shape index (κ1) is 18.9. The lowest BCUT2D eigenvalue weighted by Gasteiger charge is -2.23. The molecule has 0 N–H and O–H groups in total. The Kier molecular flexibility index (Phi) is 6.09. The first-order valence-corrected chi connectivity index (χ1v) is 8.69. The molecule has 0 radical (unpaired) electrons. The predicted octanol–water partition coefficient (Wildman–Crippen LogP) is 5.21. The Balaban J connectivity index is 2.70. The average molecular weight is 337 g/mol. The van der Waals surface area contributed by atoms with Crippen LogP contribution in [-0.2, 0) is 5.41 Å². The Morgan fingerprint density at radius 3 is 2.56 bits per heavy atom. The molecule has 1 aromatic carbocycles. The van der Waals surface area contributed by atoms with Gasteiger partial charge in [-0.2, -0.15) is 0 Å². The lowest BCUT2D eigenvalue weighted by molar-refractivity contribution is 0.309. The maximum Gasteiger partial charge on any atom is 0.221 e. The number of terminal acetylenes is 1. The maximum absolute atomic E-state index is 6.10. The van der Waals surface area contributed by atoms with Crippen molar-refractivity contribution in [2.45, 2.75) is 46.0 Å². The second-order valence-corrected chi connectivity index (χ2v) is 7.06. The van der Waals surface area contributed by atoms with Crippen LogP contribution >= 0.6 is 0 Å². The van der Waals surface area contributed by atoms with Crippen molar-refractivity contribution in [2.24, 2.45) is 0 Å². The smallest absolute Gasteiger partial charge is 0.221 e. The molecule has 0 saturated carbocycles. The largest absolute Gasteiger partial charge is 0.492 e. The number of rotatable bonds is 6. The Hall–Kier alpha value is -2.47. The third-order valence-electron chi connectivity index (χ3n) is 4.11. The van der Waals surface area contributed by atoms with Crippen LogP contribution in [0.4, 0.5) is 0 Å². The molecule has 0 saturated heterocycles. The summed E-state index contributed by atoms with van der Waals surface area (Å²) < 4.78 is 11.6. The molecule has 2 rings (SSSR count). The number of hydrogen-bond acceptors (Lipinski definition) is 3. The lowest BCUT2D eigenvalue weighted by Crippen LogP contribution is -2.12. The first-order chi connectivity index (χ1) is 11.9. The van der Waals surface area contributed by atoms with Gasteiger partial charge in [-0.05, 0) is 41.7 Å². The van der Waals surface area contributed by atoms with Crippen molar-refractivity contribution in [3.05, 3.63) is 41.6 Å². The zero-order valence-electron chi connectivity index (χ0n) is 15.8. The summed E-state index contributed by atoms with van der Waals surface area (Å²) in [6.07, 6.45) is 9.57. The molecule has 0 aliphatic carbocycles. The fourth-order valence-corrected chi connectivity index (χ4v) is 2.60. The van der Waals surface area contributed by atoms with E-state index < -0.39 is 0 Å². The molecule has 1 aromatic heterocycles. The van der Waals surface area contributed by atoms with Crippen LogP contribution in [0, 0.1) is 12.3 Å². The highest BCUT2D eigenvalue weighted by molar-refractivity contribution is 5.78. The van der Waals surface area contributed by atoms with Crippen molar-refractivity contribution in [3.8, 4) is 35.1 Å². The molecular formula is C22H27NO2. The van der Waals surface area contributed by atoms with E-state index in [4.69, 9.17) is 15.9 Å². The van der Waals surface area contributed by atoms with Crippen LogP contribution in [0.5, 0.6) is 11.6 Å². The summed E-state index contributed by atoms with van der Waals surface area (Å²) in [5.74, 6) is 4.09. The van der Waals surface area contributed by atoms with E-state index in [0.29, 0.717) is 12.5 Å². The van der Waals surface area contributed by atoms with Crippen molar-refractivity contribution in [3.63, 3.8) is 0 Å². The van der Waals surface area contributed by atoms with Gasteiger partial charge in [0.2, 0.25) is 5.88 Å². The minimum absolute atomic E-state index is 0.0300. The average Bonchev–Trinajstić information content (AvgIpc) is 2.60. The molecule has 132 valence electrons. The molecular weight excluding hydrogens is 310 g/mol. The standard InChI is InChI=1S/C22H27NO2/c1-7-9-13-25-20-16(8-2)14-17(22(3,4)5)15-19(20)18-11-10-12-23-21(18)24-6/h2,10-12,14-15H,7,9,13H2,1,3-6H3. The van der Waals surface area contributed by atoms with E-state index in [1.54, 1.807) is 13.3 Å². The molecule has 0 fully saturated rings. The monoisotopic (exact) mass is 337 g/mol. The Morgan fingerprint density at radius 1 is 1.20 bits per heavy atom. The fourth-order valence-electron chi connectivity index (χ4n) is 2.60. The normalized spacial score (nSPS) is 11.0. The number of pyridine rings is 1. The number of benzene rings is 1. The quantitative estimate of drug-likeness (QED) is 0.535. The molecule has 0 spiro atoms. The summed E-state index contributed by atoms with van der Waals surface area (Å²) in [7, 11) is 1.62. The number of nitrogens with zero attached hydrogens (tertiary/aromatic N) is 1. The highest BCUT2D eigenvalue weighted by Gasteiger charge is 2.22. The molecule has 1 heterocycles. The minimum atomic E-state index is -0.0300. The van der Waals surface area contributed by atoms with Crippen LogP contribution in [-0.4, -0.2) is 18.7 Å². The topological polar surface area (TPSA) is 31.4 Å². The third kappa shape index (κ3) is 4.33. The summed E-state index contributed by atoms with van der Waals surface area (Å²) in [4.78, 5) is 4.33. The van der Waals surface area contributed by atoms with E-state index in [9.17, 15) is 0 Å². The fraction of sp³-hybridized carbons (Fsp3) is 0.409. The van der Waals surface area contributed by atoms with E-state index >= 15 is 0 Å². The first-order valence-electron chi connectivity index (χ1n) is 8.69. The number of aromatic nitrogens is 1. The molecule has 0 amide bonds. The van der Waals surface area contributed by atoms with Crippen molar-refractivity contribution in [1.82, 2.24) is 4.98 Å². The number of methoxy groups -OCH3 is 1. The van der Waals surface area contributed by atoms with Gasteiger partial charge in [-0.3, -0.25) is 0 Å². The van der Waals surface area contributed by atoms with Gasteiger partial charge in [0.15, 0.2) is 0 Å². The van der Waals surface area contributed by atoms with E-state index in [1.807, 2.05) is 18.2 Å². The van der Waals surface area contributed by atoms with Gasteiger partial charge in [-0.15, -0.1) is 6.42 Å². The van der Waals surface area contributed by atoms with Crippen molar-refractivity contribution >= 4 is 0 Å². The van der Waals surface area contributed by atoms with Gasteiger partial charge >= 0.3 is 0 Å². The van der Waals surface area contributed by atoms with E-state index in [2.05, 4.69) is 44.7 Å². The van der Waals surface area contributed by atoms with Gasteiger partial charge in [0.05, 0.1) is 19.3 Å². The summed E-state index contributed by atoms with van der Waals surface area (Å²) in [5, 5.41) is 0. The second-order valence-electron chi connectivity index (χ2n) is 7.06. The van der Waals surface area contributed by atoms with Crippen molar-refractivity contribution in [2.75, 3.05) is 13.7 Å². The van der Waals surface area contributed by atoms with Crippen LogP contribution in [0.1, 0.15) is 51.7 Å². The van der Waals surface area contributed by atoms with Gasteiger partial charge in [0, 0.05) is 17.3 Å². The molecule has 2 aromatic rings. The summed E-state index contributed by atoms with van der Waals surface area (Å²) >= 11 is 0. The van der Waals surface area contributed by atoms with E-state index in [0.717, 1.165) is 40.8 Å². The molecule has 0 aliphatic heterocycles. The highest BCUT2D eigenvalue weighted by atomic mass is 16.5. The lowest BCUT2D eigenvalue weighted by atomic mass is 9.84. The van der Waals surface area contributed by atoms with Gasteiger partial charge in [-0.1, -0.05) is 40.0 Å². The third-order valence-corrected chi connectivity index (χ3v) is 4.11. The molecule has 0 aliphatic rings. The van der Waals surface area contributed by atoms with Gasteiger partial charge < -0.3 is 9.47 Å². The molecule has 25 heavy (non-hydrogen) atoms. The number of unbranched alkanes of at least 4 members (excludes halogenated alkanes) is 1. The zero-order chi connectivity index (χ0) is 18.4. The number of ether oxygens (including phenoxy) is 2. The van der Waals surface area contributed by atoms with Crippen LogP contribution in [0.2, 0.25) is 0 Å². The molecule has 3 heteroatoms. The van der Waals surface area contributed by atoms with Crippen LogP contribution < -0.4 is 9.47 Å². The molecule has 0 atom stereocenters. The van der Waals surface area contributed by atoms with Crippen LogP contribution in [0.3, 0.4) is 0 Å². The van der Waals surface area contributed by atoms with Gasteiger partial charge in [-0.25, -0.2) is 4.98 Å². The molecule has 3 nitrogen and oxygen atoms in total. The van der Waals surface area contributed by atoms with Crippen molar-refractivity contribution < 1.29 is 9.47 Å². The van der Waals surface area contributed by atoms with E-state index in [1.165, 1.54) is 0 Å². The zero-order valence-corrected chi connectivity index (χ0v) is 15.8. The Bertz CT molecular complexity index is 767. The van der Waals surface area contributed by atoms with E-state index in [-0.39, 0.29) is 5.41 Å². The summed E-state index contributed by atoms with van der Waals surface area (Å²) in [6, 6.07) is 8.07. The minimum Gasteiger partial charge on any atom is -0.492 e. The van der Waals surface area contributed by atoms with Crippen LogP contribution in [0.15, 0.2) is 30.5 Å². The summed E-state index contributed by atoms with van der Waals surface area (Å²) in [6.45, 7) is 9.29. The maximum atomic E-state index is 6.10. The van der Waals surface area contributed by atoms with Crippen LogP contribution in [0.25, 0.3) is 11.1 Å². The Morgan fingerprint density at radius 2 is 1.96 bits per heavy atom. The second kappa shape index (κ2) is 8.07. The number of hydrogen-bond donors (Lipinski definition) is 0. The molecule has 0 bridgehead atoms. The molecule has 0 unspecified atom stereocenters. The van der Waals surface area contributed by atoms with Gasteiger partial charge in [0.25, 0.3) is 0 Å². The SMILES string of the molecule is C#Cc1cc(C(C)(C)C)cc(-c2cccnc2OC)c1OCCCC.